The second-order valence-corrected chi connectivity index (χ2v) is 9.33. The second-order valence-electron chi connectivity index (χ2n) is 9.33. The number of likely N-dealkylation sites (N-methyl/N-ethyl adjacent to an activating group) is 1. The van der Waals surface area contributed by atoms with E-state index in [4.69, 9.17) is 9.84 Å². The SMILES string of the molecule is CCCCCCCCCCCCCC(O)CCO[C@H](CC(=O)O)C[N+](C)(C)C. The van der Waals surface area contributed by atoms with Crippen molar-refractivity contribution in [3.8, 4) is 0 Å². The van der Waals surface area contributed by atoms with Gasteiger partial charge in [-0.25, -0.2) is 0 Å². The number of carboxylic acids is 1. The maximum absolute atomic E-state index is 11.0. The van der Waals surface area contributed by atoms with E-state index >= 15 is 0 Å². The van der Waals surface area contributed by atoms with Crippen molar-refractivity contribution in [3.63, 3.8) is 0 Å². The Morgan fingerprint density at radius 3 is 1.82 bits per heavy atom. The molecule has 0 aliphatic rings. The molecule has 0 saturated heterocycles. The molecule has 5 nitrogen and oxygen atoms in total. The molecule has 0 aliphatic heterocycles. The summed E-state index contributed by atoms with van der Waals surface area (Å²) < 4.78 is 6.42. The van der Waals surface area contributed by atoms with E-state index in [1.54, 1.807) is 0 Å². The predicted molar refractivity (Wildman–Crippen MR) is 117 cm³/mol. The smallest absolute Gasteiger partial charge is 0.306 e. The van der Waals surface area contributed by atoms with E-state index in [0.717, 1.165) is 12.8 Å². The molecule has 0 aromatic rings. The molecular formula is C23H48NO4+. The van der Waals surface area contributed by atoms with E-state index in [1.165, 1.54) is 64.2 Å². The Kier molecular flexibility index (Phi) is 16.8. The van der Waals surface area contributed by atoms with Crippen LogP contribution in [0.25, 0.3) is 0 Å². The average Bonchev–Trinajstić information content (AvgIpc) is 2.57. The zero-order chi connectivity index (χ0) is 21.3. The van der Waals surface area contributed by atoms with Crippen molar-refractivity contribution >= 4 is 5.97 Å². The number of aliphatic hydroxyl groups is 1. The molecule has 0 radical (unpaired) electrons. The summed E-state index contributed by atoms with van der Waals surface area (Å²) in [5.41, 5.74) is 0. The summed E-state index contributed by atoms with van der Waals surface area (Å²) >= 11 is 0. The molecule has 0 saturated carbocycles. The van der Waals surface area contributed by atoms with Crippen molar-refractivity contribution in [3.05, 3.63) is 0 Å². The normalized spacial score (nSPS) is 14.2. The molecule has 0 aromatic heterocycles. The number of unbranched alkanes of at least 4 members (excludes halogenated alkanes) is 10. The number of carbonyl (C=O) groups is 1. The predicted octanol–water partition coefficient (Wildman–Crippen LogP) is 5.00. The van der Waals surface area contributed by atoms with Gasteiger partial charge in [0.25, 0.3) is 0 Å². The highest BCUT2D eigenvalue weighted by Crippen LogP contribution is 2.14. The van der Waals surface area contributed by atoms with E-state index in [-0.39, 0.29) is 18.6 Å². The summed E-state index contributed by atoms with van der Waals surface area (Å²) in [7, 11) is 6.08. The number of nitrogens with zero attached hydrogens (tertiary/aromatic N) is 1. The summed E-state index contributed by atoms with van der Waals surface area (Å²) in [6.07, 6.45) is 15.2. The number of aliphatic carboxylic acids is 1. The van der Waals surface area contributed by atoms with Crippen molar-refractivity contribution in [2.24, 2.45) is 0 Å². The van der Waals surface area contributed by atoms with Gasteiger partial charge in [-0.3, -0.25) is 4.79 Å². The molecular weight excluding hydrogens is 354 g/mol. The van der Waals surface area contributed by atoms with Crippen molar-refractivity contribution in [2.75, 3.05) is 34.3 Å². The number of ether oxygens (including phenoxy) is 1. The first kappa shape index (κ1) is 27.4. The molecule has 5 heteroatoms. The van der Waals surface area contributed by atoms with Gasteiger partial charge >= 0.3 is 5.97 Å². The molecule has 0 bridgehead atoms. The van der Waals surface area contributed by atoms with Gasteiger partial charge in [0.15, 0.2) is 0 Å². The molecule has 0 aliphatic carbocycles. The van der Waals surface area contributed by atoms with E-state index in [1.807, 2.05) is 21.1 Å². The Bertz CT molecular complexity index is 368. The van der Waals surface area contributed by atoms with Crippen LogP contribution in [0.15, 0.2) is 0 Å². The Balaban J connectivity index is 3.62. The molecule has 168 valence electrons. The number of quaternary nitrogens is 1. The van der Waals surface area contributed by atoms with Gasteiger partial charge in [0, 0.05) is 6.61 Å². The Morgan fingerprint density at radius 1 is 0.857 bits per heavy atom. The number of hydrogen-bond donors (Lipinski definition) is 2. The highest BCUT2D eigenvalue weighted by molar-refractivity contribution is 5.67. The van der Waals surface area contributed by atoms with Gasteiger partial charge < -0.3 is 19.4 Å². The third-order valence-corrected chi connectivity index (χ3v) is 5.10. The molecule has 0 spiro atoms. The third kappa shape index (κ3) is 20.1. The second kappa shape index (κ2) is 17.2. The minimum absolute atomic E-state index is 0.0181. The van der Waals surface area contributed by atoms with E-state index < -0.39 is 5.97 Å². The van der Waals surface area contributed by atoms with Crippen LogP contribution in [0.1, 0.15) is 96.8 Å². The summed E-state index contributed by atoms with van der Waals surface area (Å²) in [5, 5.41) is 19.1. The van der Waals surface area contributed by atoms with Crippen LogP contribution < -0.4 is 0 Å². The molecule has 0 aromatic carbocycles. The molecule has 28 heavy (non-hydrogen) atoms. The van der Waals surface area contributed by atoms with E-state index in [9.17, 15) is 9.90 Å². The Labute approximate surface area is 174 Å². The summed E-state index contributed by atoms with van der Waals surface area (Å²) in [6.45, 7) is 3.34. The first-order chi connectivity index (χ1) is 13.2. The Morgan fingerprint density at radius 2 is 1.36 bits per heavy atom. The first-order valence-corrected chi connectivity index (χ1v) is 11.6. The van der Waals surface area contributed by atoms with Crippen molar-refractivity contribution in [1.82, 2.24) is 0 Å². The fourth-order valence-electron chi connectivity index (χ4n) is 3.54. The summed E-state index contributed by atoms with van der Waals surface area (Å²) in [6, 6.07) is 0. The van der Waals surface area contributed by atoms with Gasteiger partial charge in [-0.1, -0.05) is 77.6 Å². The monoisotopic (exact) mass is 402 g/mol. The molecule has 0 fully saturated rings. The van der Waals surface area contributed by atoms with Gasteiger partial charge in [-0.05, 0) is 12.8 Å². The fourth-order valence-corrected chi connectivity index (χ4v) is 3.54. The van der Waals surface area contributed by atoms with Crippen LogP contribution in [0, 0.1) is 0 Å². The van der Waals surface area contributed by atoms with Gasteiger partial charge in [0.1, 0.15) is 12.6 Å². The lowest BCUT2D eigenvalue weighted by Crippen LogP contribution is -2.43. The van der Waals surface area contributed by atoms with Gasteiger partial charge in [-0.2, -0.15) is 0 Å². The molecule has 0 rings (SSSR count). The minimum atomic E-state index is -0.833. The number of aliphatic hydroxyl groups excluding tert-OH is 1. The molecule has 2 N–H and O–H groups in total. The molecule has 2 atom stereocenters. The molecule has 0 heterocycles. The first-order valence-electron chi connectivity index (χ1n) is 11.6. The van der Waals surface area contributed by atoms with E-state index in [0.29, 0.717) is 24.1 Å². The summed E-state index contributed by atoms with van der Waals surface area (Å²) in [4.78, 5) is 11.0. The topological polar surface area (TPSA) is 66.8 Å². The number of rotatable bonds is 20. The quantitative estimate of drug-likeness (QED) is 0.222. The van der Waals surface area contributed by atoms with Gasteiger partial charge in [-0.15, -0.1) is 0 Å². The van der Waals surface area contributed by atoms with Gasteiger partial charge in [0.2, 0.25) is 0 Å². The van der Waals surface area contributed by atoms with Crippen LogP contribution in [-0.2, 0) is 9.53 Å². The highest BCUT2D eigenvalue weighted by atomic mass is 16.5. The number of carboxylic acid groups (broad SMARTS) is 1. The van der Waals surface area contributed by atoms with Crippen LogP contribution >= 0.6 is 0 Å². The molecule has 0 amide bonds. The van der Waals surface area contributed by atoms with Crippen molar-refractivity contribution in [2.45, 2.75) is 109 Å². The van der Waals surface area contributed by atoms with Crippen LogP contribution in [0.2, 0.25) is 0 Å². The Hall–Kier alpha value is -0.650. The zero-order valence-electron chi connectivity index (χ0n) is 19.1. The number of hydrogen-bond acceptors (Lipinski definition) is 3. The van der Waals surface area contributed by atoms with Crippen molar-refractivity contribution < 1.29 is 24.2 Å². The minimum Gasteiger partial charge on any atom is -0.481 e. The van der Waals surface area contributed by atoms with Crippen molar-refractivity contribution in [1.29, 1.82) is 0 Å². The van der Waals surface area contributed by atoms with Gasteiger partial charge in [0.05, 0.1) is 33.7 Å². The average molecular weight is 403 g/mol. The molecule has 1 unspecified atom stereocenters. The van der Waals surface area contributed by atoms with Crippen LogP contribution in [0.3, 0.4) is 0 Å². The summed E-state index contributed by atoms with van der Waals surface area (Å²) in [5.74, 6) is -0.833. The lowest BCUT2D eigenvalue weighted by Gasteiger charge is -2.28. The standard InChI is InChI=1S/C23H47NO4/c1-5-6-7-8-9-10-11-12-13-14-15-16-21(25)17-18-28-22(19-23(26)27)20-24(2,3)4/h21-22,25H,5-20H2,1-4H3/p+1/t21?,22-/m1/s1. The van der Waals surface area contributed by atoms with Crippen LogP contribution in [0.5, 0.6) is 0 Å². The van der Waals surface area contributed by atoms with E-state index in [2.05, 4.69) is 6.92 Å². The third-order valence-electron chi connectivity index (χ3n) is 5.10. The van der Waals surface area contributed by atoms with Crippen LogP contribution in [-0.4, -0.2) is 67.2 Å². The lowest BCUT2D eigenvalue weighted by molar-refractivity contribution is -0.873. The zero-order valence-corrected chi connectivity index (χ0v) is 19.1. The largest absolute Gasteiger partial charge is 0.481 e. The highest BCUT2D eigenvalue weighted by Gasteiger charge is 2.21. The maximum Gasteiger partial charge on any atom is 0.306 e. The maximum atomic E-state index is 11.0. The van der Waals surface area contributed by atoms with Crippen LogP contribution in [0.4, 0.5) is 0 Å². The lowest BCUT2D eigenvalue weighted by atomic mass is 10.0. The fraction of sp³-hybridized carbons (Fsp3) is 0.957.